The minimum Gasteiger partial charge on any atom is -0.457 e. The number of benzene rings is 1. The number of para-hydroxylation sites is 1. The highest BCUT2D eigenvalue weighted by molar-refractivity contribution is 6.29. The lowest BCUT2D eigenvalue weighted by Crippen LogP contribution is -2.24. The van der Waals surface area contributed by atoms with Crippen molar-refractivity contribution in [2.24, 2.45) is 0 Å². The van der Waals surface area contributed by atoms with Crippen LogP contribution in [0.5, 0.6) is 11.5 Å². The maximum Gasteiger partial charge on any atom is 0.270 e. The van der Waals surface area contributed by atoms with E-state index in [1.165, 1.54) is 6.20 Å². The van der Waals surface area contributed by atoms with E-state index < -0.39 is 0 Å². The molecule has 0 fully saturated rings. The van der Waals surface area contributed by atoms with Gasteiger partial charge in [0.2, 0.25) is 0 Å². The van der Waals surface area contributed by atoms with Crippen molar-refractivity contribution in [3.8, 4) is 11.5 Å². The number of ether oxygens (including phenoxy) is 1. The third-order valence-electron chi connectivity index (χ3n) is 3.15. The third-order valence-corrected chi connectivity index (χ3v) is 3.36. The van der Waals surface area contributed by atoms with Crippen molar-refractivity contribution in [1.29, 1.82) is 0 Å². The summed E-state index contributed by atoms with van der Waals surface area (Å²) >= 11 is 5.82. The summed E-state index contributed by atoms with van der Waals surface area (Å²) < 4.78 is 5.70. The van der Waals surface area contributed by atoms with Crippen molar-refractivity contribution in [2.45, 2.75) is 6.54 Å². The van der Waals surface area contributed by atoms with E-state index in [1.54, 1.807) is 30.3 Å². The molecule has 0 saturated carbocycles. The van der Waals surface area contributed by atoms with Gasteiger partial charge in [0.25, 0.3) is 5.91 Å². The molecular weight excluding hydrogens is 326 g/mol. The number of pyridine rings is 2. The fourth-order valence-electron chi connectivity index (χ4n) is 2.03. The number of nitrogens with one attached hydrogen (secondary N) is 1. The molecule has 0 aliphatic rings. The van der Waals surface area contributed by atoms with Gasteiger partial charge in [-0.05, 0) is 30.3 Å². The van der Waals surface area contributed by atoms with Crippen LogP contribution < -0.4 is 10.1 Å². The minimum atomic E-state index is -0.310. The number of hydrogen-bond acceptors (Lipinski definition) is 4. The Morgan fingerprint density at radius 1 is 1.04 bits per heavy atom. The fourth-order valence-corrected chi connectivity index (χ4v) is 2.21. The van der Waals surface area contributed by atoms with E-state index in [0.29, 0.717) is 22.3 Å². The number of rotatable bonds is 5. The lowest BCUT2D eigenvalue weighted by atomic mass is 10.3. The largest absolute Gasteiger partial charge is 0.457 e. The Morgan fingerprint density at radius 2 is 1.88 bits per heavy atom. The third kappa shape index (κ3) is 4.30. The van der Waals surface area contributed by atoms with E-state index >= 15 is 0 Å². The van der Waals surface area contributed by atoms with Crippen molar-refractivity contribution in [3.05, 3.63) is 83.4 Å². The number of carbonyl (C=O) groups is 1. The Morgan fingerprint density at radius 3 is 2.67 bits per heavy atom. The van der Waals surface area contributed by atoms with Gasteiger partial charge < -0.3 is 10.1 Å². The Balaban J connectivity index is 1.66. The number of amides is 1. The molecule has 0 aliphatic carbocycles. The molecule has 0 spiro atoms. The number of halogens is 1. The summed E-state index contributed by atoms with van der Waals surface area (Å²) in [5.74, 6) is 0.927. The Hall–Kier alpha value is -2.92. The van der Waals surface area contributed by atoms with Gasteiger partial charge in [0.1, 0.15) is 22.3 Å². The molecule has 0 radical (unpaired) electrons. The zero-order valence-electron chi connectivity index (χ0n) is 12.6. The molecule has 1 aromatic carbocycles. The summed E-state index contributed by atoms with van der Waals surface area (Å²) in [7, 11) is 0. The average Bonchev–Trinajstić information content (AvgIpc) is 2.61. The van der Waals surface area contributed by atoms with Crippen LogP contribution in [0.15, 0.2) is 66.9 Å². The zero-order chi connectivity index (χ0) is 16.8. The van der Waals surface area contributed by atoms with E-state index in [1.807, 2.05) is 30.3 Å². The van der Waals surface area contributed by atoms with E-state index in [4.69, 9.17) is 16.3 Å². The number of hydrogen-bond donors (Lipinski definition) is 1. The van der Waals surface area contributed by atoms with E-state index in [2.05, 4.69) is 15.3 Å². The van der Waals surface area contributed by atoms with Gasteiger partial charge in [0.15, 0.2) is 0 Å². The average molecular weight is 340 g/mol. The SMILES string of the molecule is O=C(NCc1cccc(Cl)n1)c1cc(Oc2ccccc2)ccn1. The Labute approximate surface area is 144 Å². The molecule has 24 heavy (non-hydrogen) atoms. The fraction of sp³-hybridized carbons (Fsp3) is 0.0556. The maximum atomic E-state index is 12.2. The Kier molecular flexibility index (Phi) is 5.03. The molecule has 0 aliphatic heterocycles. The maximum absolute atomic E-state index is 12.2. The van der Waals surface area contributed by atoms with Gasteiger partial charge in [-0.3, -0.25) is 9.78 Å². The molecule has 3 rings (SSSR count). The molecule has 0 saturated heterocycles. The molecule has 1 amide bonds. The molecule has 3 aromatic rings. The first kappa shape index (κ1) is 16.0. The molecule has 0 atom stereocenters. The molecule has 0 bridgehead atoms. The van der Waals surface area contributed by atoms with Gasteiger partial charge in [0.05, 0.1) is 12.2 Å². The zero-order valence-corrected chi connectivity index (χ0v) is 13.4. The highest BCUT2D eigenvalue weighted by Gasteiger charge is 2.09. The number of aromatic nitrogens is 2. The number of carbonyl (C=O) groups excluding carboxylic acids is 1. The Bertz CT molecular complexity index is 840. The first-order valence-corrected chi connectivity index (χ1v) is 7.67. The van der Waals surface area contributed by atoms with Crippen LogP contribution in [0, 0.1) is 0 Å². The van der Waals surface area contributed by atoms with Gasteiger partial charge in [-0.1, -0.05) is 35.9 Å². The summed E-state index contributed by atoms with van der Waals surface area (Å²) in [6.45, 7) is 0.269. The molecule has 120 valence electrons. The standard InChI is InChI=1S/C18H14ClN3O2/c19-17-8-4-5-13(22-17)12-21-18(23)16-11-15(9-10-20-16)24-14-6-2-1-3-7-14/h1-11H,12H2,(H,21,23). The monoisotopic (exact) mass is 339 g/mol. The predicted octanol–water partition coefficient (Wildman–Crippen LogP) is 3.85. The summed E-state index contributed by atoms with van der Waals surface area (Å²) in [5.41, 5.74) is 0.943. The lowest BCUT2D eigenvalue weighted by Gasteiger charge is -2.08. The highest BCUT2D eigenvalue weighted by Crippen LogP contribution is 2.20. The second kappa shape index (κ2) is 7.57. The molecule has 2 heterocycles. The van der Waals surface area contributed by atoms with Crippen molar-refractivity contribution >= 4 is 17.5 Å². The van der Waals surface area contributed by atoms with Crippen LogP contribution in [0.4, 0.5) is 0 Å². The molecule has 6 heteroatoms. The van der Waals surface area contributed by atoms with Crippen LogP contribution in [-0.2, 0) is 6.54 Å². The lowest BCUT2D eigenvalue weighted by molar-refractivity contribution is 0.0945. The van der Waals surface area contributed by atoms with Crippen LogP contribution in [-0.4, -0.2) is 15.9 Å². The van der Waals surface area contributed by atoms with Crippen molar-refractivity contribution in [2.75, 3.05) is 0 Å². The van der Waals surface area contributed by atoms with Crippen LogP contribution >= 0.6 is 11.6 Å². The van der Waals surface area contributed by atoms with Crippen LogP contribution in [0.2, 0.25) is 5.15 Å². The van der Waals surface area contributed by atoms with E-state index in [-0.39, 0.29) is 18.1 Å². The molecule has 5 nitrogen and oxygen atoms in total. The molecule has 0 unspecified atom stereocenters. The highest BCUT2D eigenvalue weighted by atomic mass is 35.5. The summed E-state index contributed by atoms with van der Waals surface area (Å²) in [5, 5.41) is 3.14. The van der Waals surface area contributed by atoms with Crippen LogP contribution in [0.3, 0.4) is 0 Å². The first-order chi connectivity index (χ1) is 11.7. The first-order valence-electron chi connectivity index (χ1n) is 7.29. The van der Waals surface area contributed by atoms with Gasteiger partial charge in [-0.15, -0.1) is 0 Å². The van der Waals surface area contributed by atoms with Gasteiger partial charge in [-0.2, -0.15) is 0 Å². The molecule has 1 N–H and O–H groups in total. The molecular formula is C18H14ClN3O2. The van der Waals surface area contributed by atoms with Crippen molar-refractivity contribution in [1.82, 2.24) is 15.3 Å². The summed E-state index contributed by atoms with van der Waals surface area (Å²) in [6.07, 6.45) is 1.53. The van der Waals surface area contributed by atoms with Gasteiger partial charge in [0, 0.05) is 12.3 Å². The van der Waals surface area contributed by atoms with Crippen molar-refractivity contribution < 1.29 is 9.53 Å². The summed E-state index contributed by atoms with van der Waals surface area (Å²) in [6, 6.07) is 17.9. The van der Waals surface area contributed by atoms with Crippen LogP contribution in [0.25, 0.3) is 0 Å². The second-order valence-electron chi connectivity index (χ2n) is 4.93. The van der Waals surface area contributed by atoms with Crippen LogP contribution in [0.1, 0.15) is 16.2 Å². The van der Waals surface area contributed by atoms with E-state index in [0.717, 1.165) is 0 Å². The minimum absolute atomic E-state index is 0.269. The molecule has 2 aromatic heterocycles. The van der Waals surface area contributed by atoms with E-state index in [9.17, 15) is 4.79 Å². The normalized spacial score (nSPS) is 10.2. The second-order valence-corrected chi connectivity index (χ2v) is 5.31. The topological polar surface area (TPSA) is 64.1 Å². The van der Waals surface area contributed by atoms with Gasteiger partial charge in [-0.25, -0.2) is 4.98 Å². The predicted molar refractivity (Wildman–Crippen MR) is 91.2 cm³/mol. The van der Waals surface area contributed by atoms with Gasteiger partial charge >= 0.3 is 0 Å². The quantitative estimate of drug-likeness (QED) is 0.717. The number of nitrogens with zero attached hydrogens (tertiary/aromatic N) is 2. The van der Waals surface area contributed by atoms with Crippen molar-refractivity contribution in [3.63, 3.8) is 0 Å². The summed E-state index contributed by atoms with van der Waals surface area (Å²) in [4.78, 5) is 20.4. The smallest absolute Gasteiger partial charge is 0.270 e.